The highest BCUT2D eigenvalue weighted by Gasteiger charge is 2.30. The van der Waals surface area contributed by atoms with E-state index < -0.39 is 0 Å². The molecule has 2 aromatic carbocycles. The van der Waals surface area contributed by atoms with Crippen molar-refractivity contribution in [2.24, 2.45) is 0 Å². The Balaban J connectivity index is 1.77. The van der Waals surface area contributed by atoms with Crippen molar-refractivity contribution in [1.29, 1.82) is 0 Å². The zero-order valence-electron chi connectivity index (χ0n) is 13.3. The minimum absolute atomic E-state index is 0.105. The molecule has 1 heterocycles. The molecule has 0 radical (unpaired) electrons. The summed E-state index contributed by atoms with van der Waals surface area (Å²) >= 11 is 1.82. The van der Waals surface area contributed by atoms with Crippen molar-refractivity contribution in [3.8, 4) is 11.5 Å². The molecule has 23 heavy (non-hydrogen) atoms. The number of carbonyl (C=O) groups excluding carboxylic acids is 1. The number of carbonyl (C=O) groups is 1. The van der Waals surface area contributed by atoms with Gasteiger partial charge in [-0.3, -0.25) is 4.79 Å². The third-order valence-corrected chi connectivity index (χ3v) is 5.06. The number of hydrogen-bond acceptors (Lipinski definition) is 3. The number of amides is 1. The van der Waals surface area contributed by atoms with Gasteiger partial charge in [-0.2, -0.15) is 0 Å². The van der Waals surface area contributed by atoms with Gasteiger partial charge in [-0.1, -0.05) is 37.3 Å². The molecule has 0 saturated carbocycles. The van der Waals surface area contributed by atoms with Gasteiger partial charge in [-0.25, -0.2) is 0 Å². The van der Waals surface area contributed by atoms with Crippen LogP contribution in [0.1, 0.15) is 30.7 Å². The van der Waals surface area contributed by atoms with Crippen LogP contribution in [0.4, 0.5) is 0 Å². The van der Waals surface area contributed by atoms with E-state index in [1.807, 2.05) is 72.1 Å². The van der Waals surface area contributed by atoms with Crippen molar-refractivity contribution < 1.29 is 9.53 Å². The highest BCUT2D eigenvalue weighted by molar-refractivity contribution is 7.99. The Morgan fingerprint density at radius 1 is 1.17 bits per heavy atom. The van der Waals surface area contributed by atoms with E-state index >= 15 is 0 Å². The number of benzene rings is 2. The van der Waals surface area contributed by atoms with Crippen molar-refractivity contribution >= 4 is 17.7 Å². The van der Waals surface area contributed by atoms with E-state index in [-0.39, 0.29) is 11.3 Å². The smallest absolute Gasteiger partial charge is 0.223 e. The average Bonchev–Trinajstić information content (AvgIpc) is 3.06. The Hall–Kier alpha value is -1.94. The maximum atomic E-state index is 12.3. The summed E-state index contributed by atoms with van der Waals surface area (Å²) in [5.74, 6) is 2.87. The second-order valence-corrected chi connectivity index (χ2v) is 6.74. The first kappa shape index (κ1) is 15.9. The first-order valence-electron chi connectivity index (χ1n) is 8.02. The van der Waals surface area contributed by atoms with E-state index in [0.29, 0.717) is 6.42 Å². The third-order valence-electron chi connectivity index (χ3n) is 3.80. The first-order chi connectivity index (χ1) is 11.3. The summed E-state index contributed by atoms with van der Waals surface area (Å²) in [7, 11) is 0. The molecule has 0 N–H and O–H groups in total. The molecule has 2 aromatic rings. The molecule has 120 valence electrons. The van der Waals surface area contributed by atoms with Crippen molar-refractivity contribution in [1.82, 2.24) is 4.90 Å². The molecular weight excluding hydrogens is 306 g/mol. The van der Waals surface area contributed by atoms with Crippen LogP contribution in [0.2, 0.25) is 0 Å². The molecule has 0 bridgehead atoms. The monoisotopic (exact) mass is 327 g/mol. The number of ether oxygens (including phenoxy) is 1. The lowest BCUT2D eigenvalue weighted by molar-refractivity contribution is -0.131. The van der Waals surface area contributed by atoms with Gasteiger partial charge in [-0.05, 0) is 36.2 Å². The van der Waals surface area contributed by atoms with E-state index in [1.165, 1.54) is 0 Å². The van der Waals surface area contributed by atoms with Crippen molar-refractivity contribution in [3.63, 3.8) is 0 Å². The molecule has 4 heteroatoms. The van der Waals surface area contributed by atoms with E-state index in [0.717, 1.165) is 35.8 Å². The Bertz CT molecular complexity index is 659. The average molecular weight is 327 g/mol. The van der Waals surface area contributed by atoms with Crippen LogP contribution in [-0.2, 0) is 4.79 Å². The molecule has 1 unspecified atom stereocenters. The third kappa shape index (κ3) is 3.88. The van der Waals surface area contributed by atoms with Gasteiger partial charge in [-0.15, -0.1) is 11.8 Å². The number of nitrogens with zero attached hydrogens (tertiary/aromatic N) is 1. The number of hydrogen-bond donors (Lipinski definition) is 0. The van der Waals surface area contributed by atoms with Crippen LogP contribution >= 0.6 is 11.8 Å². The zero-order chi connectivity index (χ0) is 16.1. The quantitative estimate of drug-likeness (QED) is 0.786. The Kier molecular flexibility index (Phi) is 5.23. The fourth-order valence-electron chi connectivity index (χ4n) is 2.72. The molecule has 3 rings (SSSR count). The van der Waals surface area contributed by atoms with Gasteiger partial charge in [0.1, 0.15) is 16.9 Å². The predicted octanol–water partition coefficient (Wildman–Crippen LogP) is 4.85. The summed E-state index contributed by atoms with van der Waals surface area (Å²) in [6, 6.07) is 17.8. The molecule has 0 aromatic heterocycles. The number of para-hydroxylation sites is 1. The van der Waals surface area contributed by atoms with E-state index in [4.69, 9.17) is 4.74 Å². The van der Waals surface area contributed by atoms with Gasteiger partial charge >= 0.3 is 0 Å². The topological polar surface area (TPSA) is 29.5 Å². The molecule has 1 saturated heterocycles. The summed E-state index contributed by atoms with van der Waals surface area (Å²) in [6.07, 6.45) is 1.52. The minimum atomic E-state index is 0.105. The van der Waals surface area contributed by atoms with Crippen LogP contribution in [0.15, 0.2) is 54.6 Å². The van der Waals surface area contributed by atoms with Gasteiger partial charge in [0.15, 0.2) is 0 Å². The molecule has 0 spiro atoms. The molecule has 1 amide bonds. The van der Waals surface area contributed by atoms with Crippen molar-refractivity contribution in [3.05, 3.63) is 60.2 Å². The summed E-state index contributed by atoms with van der Waals surface area (Å²) < 4.78 is 5.91. The van der Waals surface area contributed by atoms with Gasteiger partial charge in [0.2, 0.25) is 5.91 Å². The summed E-state index contributed by atoms with van der Waals surface area (Å²) in [6.45, 7) is 2.88. The summed E-state index contributed by atoms with van der Waals surface area (Å²) in [5.41, 5.74) is 1.13. The predicted molar refractivity (Wildman–Crippen MR) is 94.8 cm³/mol. The molecule has 1 atom stereocenters. The van der Waals surface area contributed by atoms with E-state index in [1.54, 1.807) is 0 Å². The van der Waals surface area contributed by atoms with Gasteiger partial charge in [0, 0.05) is 18.7 Å². The normalized spacial score (nSPS) is 17.3. The standard InChI is InChI=1S/C19H21NO2S/c1-2-7-18(21)20-12-13-23-19(20)15-8-6-11-17(14-15)22-16-9-4-3-5-10-16/h3-6,8-11,14,19H,2,7,12-13H2,1H3. The first-order valence-corrected chi connectivity index (χ1v) is 9.06. The Morgan fingerprint density at radius 2 is 1.96 bits per heavy atom. The second-order valence-electron chi connectivity index (χ2n) is 5.55. The minimum Gasteiger partial charge on any atom is -0.457 e. The summed E-state index contributed by atoms with van der Waals surface area (Å²) in [5, 5.41) is 0.105. The van der Waals surface area contributed by atoms with E-state index in [2.05, 4.69) is 6.07 Å². The van der Waals surface area contributed by atoms with Crippen LogP contribution in [0.3, 0.4) is 0 Å². The Morgan fingerprint density at radius 3 is 2.74 bits per heavy atom. The van der Waals surface area contributed by atoms with Gasteiger partial charge < -0.3 is 9.64 Å². The van der Waals surface area contributed by atoms with Crippen LogP contribution in [0, 0.1) is 0 Å². The van der Waals surface area contributed by atoms with Crippen LogP contribution < -0.4 is 4.74 Å². The molecular formula is C19H21NO2S. The van der Waals surface area contributed by atoms with Gasteiger partial charge in [0.05, 0.1) is 0 Å². The second kappa shape index (κ2) is 7.55. The highest BCUT2D eigenvalue weighted by atomic mass is 32.2. The molecule has 3 nitrogen and oxygen atoms in total. The summed E-state index contributed by atoms with van der Waals surface area (Å²) in [4.78, 5) is 14.3. The number of rotatable bonds is 5. The molecule has 1 aliphatic rings. The molecule has 0 aliphatic carbocycles. The maximum absolute atomic E-state index is 12.3. The van der Waals surface area contributed by atoms with Gasteiger partial charge in [0.25, 0.3) is 0 Å². The van der Waals surface area contributed by atoms with E-state index in [9.17, 15) is 4.79 Å². The molecule has 1 fully saturated rings. The van der Waals surface area contributed by atoms with Crippen molar-refractivity contribution in [2.45, 2.75) is 25.1 Å². The zero-order valence-corrected chi connectivity index (χ0v) is 14.1. The largest absolute Gasteiger partial charge is 0.457 e. The van der Waals surface area contributed by atoms with Crippen molar-refractivity contribution in [2.75, 3.05) is 12.3 Å². The van der Waals surface area contributed by atoms with Crippen LogP contribution in [0.5, 0.6) is 11.5 Å². The highest BCUT2D eigenvalue weighted by Crippen LogP contribution is 2.39. The fourth-order valence-corrected chi connectivity index (χ4v) is 3.98. The molecule has 1 aliphatic heterocycles. The number of thioether (sulfide) groups is 1. The maximum Gasteiger partial charge on any atom is 0.223 e. The lowest BCUT2D eigenvalue weighted by Gasteiger charge is -2.24. The lowest BCUT2D eigenvalue weighted by Crippen LogP contribution is -2.30. The van der Waals surface area contributed by atoms with Crippen LogP contribution in [0.25, 0.3) is 0 Å². The lowest BCUT2D eigenvalue weighted by atomic mass is 10.2. The Labute approximate surface area is 141 Å². The SMILES string of the molecule is CCCC(=O)N1CCSC1c1cccc(Oc2ccccc2)c1. The van der Waals surface area contributed by atoms with Crippen LogP contribution in [-0.4, -0.2) is 23.1 Å². The fraction of sp³-hybridized carbons (Fsp3) is 0.316.